The van der Waals surface area contributed by atoms with Crippen molar-refractivity contribution in [2.24, 2.45) is 0 Å². The van der Waals surface area contributed by atoms with Crippen molar-refractivity contribution in [3.63, 3.8) is 0 Å². The highest BCUT2D eigenvalue weighted by Crippen LogP contribution is 2.13. The smallest absolute Gasteiger partial charge is 0.317 e. The Labute approximate surface area is 117 Å². The fraction of sp³-hybridized carbons (Fsp3) is 0.385. The van der Waals surface area contributed by atoms with Gasteiger partial charge in [0.25, 0.3) is 0 Å². The number of aliphatic carboxylic acids is 1. The average molecular weight is 285 g/mol. The molecule has 6 heteroatoms. The highest BCUT2D eigenvalue weighted by atomic mass is 35.5. The van der Waals surface area contributed by atoms with Crippen molar-refractivity contribution in [2.75, 3.05) is 18.4 Å². The standard InChI is InChI=1S/C13H17ClN2O3/c1-9(2)16(8-13(18)19)7-12(17)15-11-5-3-10(14)4-6-11/h3-6,9H,7-8H2,1-2H3,(H,15,17)(H,18,19). The molecule has 0 aliphatic heterocycles. The molecular formula is C13H17ClN2O3. The molecule has 5 nitrogen and oxygen atoms in total. The molecule has 0 atom stereocenters. The molecule has 0 bridgehead atoms. The zero-order chi connectivity index (χ0) is 14.4. The van der Waals surface area contributed by atoms with Gasteiger partial charge in [-0.3, -0.25) is 14.5 Å². The first kappa shape index (κ1) is 15.5. The van der Waals surface area contributed by atoms with E-state index in [0.29, 0.717) is 10.7 Å². The highest BCUT2D eigenvalue weighted by molar-refractivity contribution is 6.30. The molecule has 0 aromatic heterocycles. The Morgan fingerprint density at radius 1 is 1.26 bits per heavy atom. The van der Waals surface area contributed by atoms with E-state index in [4.69, 9.17) is 16.7 Å². The third-order valence-electron chi connectivity index (χ3n) is 2.54. The van der Waals surface area contributed by atoms with E-state index in [1.807, 2.05) is 13.8 Å². The van der Waals surface area contributed by atoms with Crippen LogP contribution in [0.5, 0.6) is 0 Å². The molecule has 1 aromatic carbocycles. The van der Waals surface area contributed by atoms with Gasteiger partial charge in [-0.05, 0) is 38.1 Å². The number of carbonyl (C=O) groups is 2. The van der Waals surface area contributed by atoms with Gasteiger partial charge in [0.1, 0.15) is 0 Å². The Morgan fingerprint density at radius 3 is 2.32 bits per heavy atom. The maximum atomic E-state index is 11.8. The second-order valence-corrected chi connectivity index (χ2v) is 4.88. The van der Waals surface area contributed by atoms with Crippen LogP contribution in [0.4, 0.5) is 5.69 Å². The third-order valence-corrected chi connectivity index (χ3v) is 2.80. The first-order chi connectivity index (χ1) is 8.88. The van der Waals surface area contributed by atoms with Gasteiger partial charge in [0.05, 0.1) is 13.1 Å². The van der Waals surface area contributed by atoms with Crippen molar-refractivity contribution in [2.45, 2.75) is 19.9 Å². The van der Waals surface area contributed by atoms with Crippen LogP contribution in [0.2, 0.25) is 5.02 Å². The summed E-state index contributed by atoms with van der Waals surface area (Å²) in [7, 11) is 0. The second-order valence-electron chi connectivity index (χ2n) is 4.45. The van der Waals surface area contributed by atoms with Crippen LogP contribution in [-0.2, 0) is 9.59 Å². The zero-order valence-corrected chi connectivity index (χ0v) is 11.6. The Balaban J connectivity index is 2.57. The van der Waals surface area contributed by atoms with Crippen molar-refractivity contribution < 1.29 is 14.7 Å². The minimum Gasteiger partial charge on any atom is -0.480 e. The number of hydrogen-bond acceptors (Lipinski definition) is 3. The highest BCUT2D eigenvalue weighted by Gasteiger charge is 2.16. The van der Waals surface area contributed by atoms with E-state index in [2.05, 4.69) is 5.32 Å². The number of rotatable bonds is 6. The molecule has 0 fully saturated rings. The van der Waals surface area contributed by atoms with Crippen molar-refractivity contribution in [3.8, 4) is 0 Å². The summed E-state index contributed by atoms with van der Waals surface area (Å²) in [5.74, 6) is -1.20. The topological polar surface area (TPSA) is 69.6 Å². The number of halogens is 1. The summed E-state index contributed by atoms with van der Waals surface area (Å²) in [5.41, 5.74) is 0.633. The van der Waals surface area contributed by atoms with Gasteiger partial charge in [0.2, 0.25) is 5.91 Å². The molecule has 0 spiro atoms. The van der Waals surface area contributed by atoms with Crippen LogP contribution in [0.25, 0.3) is 0 Å². The predicted octanol–water partition coefficient (Wildman–Crippen LogP) is 2.07. The van der Waals surface area contributed by atoms with E-state index in [1.54, 1.807) is 29.2 Å². The molecular weight excluding hydrogens is 268 g/mol. The summed E-state index contributed by atoms with van der Waals surface area (Å²) in [6, 6.07) is 6.71. The second kappa shape index (κ2) is 7.11. The predicted molar refractivity (Wildman–Crippen MR) is 74.4 cm³/mol. The molecule has 0 saturated carbocycles. The van der Waals surface area contributed by atoms with Crippen molar-refractivity contribution in [1.29, 1.82) is 0 Å². The first-order valence-electron chi connectivity index (χ1n) is 5.89. The number of benzene rings is 1. The molecule has 1 aromatic rings. The Kier molecular flexibility index (Phi) is 5.79. The number of hydrogen-bond donors (Lipinski definition) is 2. The van der Waals surface area contributed by atoms with Gasteiger partial charge in [0, 0.05) is 16.8 Å². The van der Waals surface area contributed by atoms with E-state index in [1.165, 1.54) is 0 Å². The molecule has 1 rings (SSSR count). The van der Waals surface area contributed by atoms with E-state index in [0.717, 1.165) is 0 Å². The Bertz CT molecular complexity index is 446. The quantitative estimate of drug-likeness (QED) is 0.839. The van der Waals surface area contributed by atoms with Gasteiger partial charge < -0.3 is 10.4 Å². The SMILES string of the molecule is CC(C)N(CC(=O)O)CC(=O)Nc1ccc(Cl)cc1. The summed E-state index contributed by atoms with van der Waals surface area (Å²) in [6.07, 6.45) is 0. The van der Waals surface area contributed by atoms with Crippen molar-refractivity contribution in [3.05, 3.63) is 29.3 Å². The molecule has 0 aliphatic rings. The van der Waals surface area contributed by atoms with Gasteiger partial charge >= 0.3 is 5.97 Å². The summed E-state index contributed by atoms with van der Waals surface area (Å²) in [4.78, 5) is 24.1. The molecule has 2 N–H and O–H groups in total. The molecule has 0 radical (unpaired) electrons. The Morgan fingerprint density at radius 2 is 1.84 bits per heavy atom. The number of carboxylic acids is 1. The molecule has 0 heterocycles. The van der Waals surface area contributed by atoms with Gasteiger partial charge in [-0.25, -0.2) is 0 Å². The van der Waals surface area contributed by atoms with Crippen LogP contribution >= 0.6 is 11.6 Å². The largest absolute Gasteiger partial charge is 0.480 e. The van der Waals surface area contributed by atoms with Crippen LogP contribution in [-0.4, -0.2) is 41.0 Å². The molecule has 0 unspecified atom stereocenters. The number of amides is 1. The van der Waals surface area contributed by atoms with Gasteiger partial charge in [-0.1, -0.05) is 11.6 Å². The van der Waals surface area contributed by atoms with Crippen molar-refractivity contribution in [1.82, 2.24) is 4.90 Å². The molecule has 104 valence electrons. The summed E-state index contributed by atoms with van der Waals surface area (Å²) in [6.45, 7) is 3.56. The van der Waals surface area contributed by atoms with Crippen LogP contribution in [0.15, 0.2) is 24.3 Å². The monoisotopic (exact) mass is 284 g/mol. The van der Waals surface area contributed by atoms with Gasteiger partial charge in [0.15, 0.2) is 0 Å². The lowest BCUT2D eigenvalue weighted by Gasteiger charge is -2.23. The third kappa shape index (κ3) is 5.72. The fourth-order valence-electron chi connectivity index (χ4n) is 1.51. The number of nitrogens with one attached hydrogen (secondary N) is 1. The normalized spacial score (nSPS) is 10.8. The number of carboxylic acid groups (broad SMARTS) is 1. The number of carbonyl (C=O) groups excluding carboxylic acids is 1. The lowest BCUT2D eigenvalue weighted by atomic mass is 10.3. The molecule has 0 aliphatic carbocycles. The maximum Gasteiger partial charge on any atom is 0.317 e. The van der Waals surface area contributed by atoms with E-state index in [9.17, 15) is 9.59 Å². The summed E-state index contributed by atoms with van der Waals surface area (Å²) < 4.78 is 0. The van der Waals surface area contributed by atoms with E-state index >= 15 is 0 Å². The average Bonchev–Trinajstić information content (AvgIpc) is 2.30. The molecule has 0 saturated heterocycles. The van der Waals surface area contributed by atoms with E-state index in [-0.39, 0.29) is 25.0 Å². The minimum absolute atomic E-state index is 0.0212. The summed E-state index contributed by atoms with van der Waals surface area (Å²) >= 11 is 5.75. The number of nitrogens with zero attached hydrogens (tertiary/aromatic N) is 1. The zero-order valence-electron chi connectivity index (χ0n) is 10.9. The fourth-order valence-corrected chi connectivity index (χ4v) is 1.64. The molecule has 1 amide bonds. The van der Waals surface area contributed by atoms with Gasteiger partial charge in [-0.2, -0.15) is 0 Å². The van der Waals surface area contributed by atoms with Crippen LogP contribution in [0.1, 0.15) is 13.8 Å². The number of anilines is 1. The lowest BCUT2D eigenvalue weighted by molar-refractivity contribution is -0.139. The minimum atomic E-state index is -0.951. The summed E-state index contributed by atoms with van der Waals surface area (Å²) in [5, 5.41) is 12.1. The lowest BCUT2D eigenvalue weighted by Crippen LogP contribution is -2.41. The van der Waals surface area contributed by atoms with Crippen molar-refractivity contribution >= 4 is 29.2 Å². The van der Waals surface area contributed by atoms with Gasteiger partial charge in [-0.15, -0.1) is 0 Å². The van der Waals surface area contributed by atoms with Crippen LogP contribution in [0, 0.1) is 0 Å². The maximum absolute atomic E-state index is 11.8. The van der Waals surface area contributed by atoms with E-state index < -0.39 is 5.97 Å². The van der Waals surface area contributed by atoms with Crippen LogP contribution in [0.3, 0.4) is 0 Å². The van der Waals surface area contributed by atoms with Crippen LogP contribution < -0.4 is 5.32 Å². The molecule has 19 heavy (non-hydrogen) atoms. The Hall–Kier alpha value is -1.59. The first-order valence-corrected chi connectivity index (χ1v) is 6.27.